The molecule has 0 bridgehead atoms. The fourth-order valence-corrected chi connectivity index (χ4v) is 0.417. The molecule has 1 aliphatic heterocycles. The SMILES string of the molecule is CC1=CNC1C. The van der Waals surface area contributed by atoms with Gasteiger partial charge in [0.05, 0.1) is 0 Å². The predicted molar refractivity (Wildman–Crippen MR) is 26.4 cm³/mol. The summed E-state index contributed by atoms with van der Waals surface area (Å²) in [6.07, 6.45) is 2.03. The molecule has 6 heavy (non-hydrogen) atoms. The highest BCUT2D eigenvalue weighted by Gasteiger charge is 2.07. The average Bonchev–Trinajstić information content (AvgIpc) is 1.61. The van der Waals surface area contributed by atoms with Crippen LogP contribution in [0.4, 0.5) is 0 Å². The largest absolute Gasteiger partial charge is 0.385 e. The molecule has 0 radical (unpaired) electrons. The van der Waals surface area contributed by atoms with Crippen LogP contribution in [0, 0.1) is 0 Å². The second-order valence-corrected chi connectivity index (χ2v) is 1.78. The minimum Gasteiger partial charge on any atom is -0.385 e. The molecular formula is C5H9N. The normalized spacial score (nSPS) is 30.3. The van der Waals surface area contributed by atoms with Crippen LogP contribution in [0.1, 0.15) is 13.8 Å². The zero-order valence-electron chi connectivity index (χ0n) is 4.15. The summed E-state index contributed by atoms with van der Waals surface area (Å²) in [6, 6.07) is 0.644. The third-order valence-electron chi connectivity index (χ3n) is 1.24. The topological polar surface area (TPSA) is 12.0 Å². The number of hydrogen-bond donors (Lipinski definition) is 1. The third-order valence-corrected chi connectivity index (χ3v) is 1.24. The van der Waals surface area contributed by atoms with Gasteiger partial charge >= 0.3 is 0 Å². The highest BCUT2D eigenvalue weighted by molar-refractivity contribution is 5.15. The standard InChI is InChI=1S/C5H9N/c1-4-3-6-5(4)2/h3,5-6H,1-2H3. The van der Waals surface area contributed by atoms with Crippen molar-refractivity contribution in [2.45, 2.75) is 19.9 Å². The highest BCUT2D eigenvalue weighted by atomic mass is 14.9. The maximum atomic E-state index is 3.10. The smallest absolute Gasteiger partial charge is 0.0454 e. The quantitative estimate of drug-likeness (QED) is 0.458. The monoisotopic (exact) mass is 83.1 g/mol. The first-order chi connectivity index (χ1) is 2.80. The summed E-state index contributed by atoms with van der Waals surface area (Å²) in [5.74, 6) is 0. The van der Waals surface area contributed by atoms with Gasteiger partial charge in [-0.25, -0.2) is 0 Å². The van der Waals surface area contributed by atoms with Crippen LogP contribution in [0.25, 0.3) is 0 Å². The molecule has 1 atom stereocenters. The van der Waals surface area contributed by atoms with Crippen LogP contribution in [-0.2, 0) is 0 Å². The Hall–Kier alpha value is -0.460. The number of hydrogen-bond acceptors (Lipinski definition) is 1. The van der Waals surface area contributed by atoms with Gasteiger partial charge in [0.25, 0.3) is 0 Å². The van der Waals surface area contributed by atoms with Crippen molar-refractivity contribution in [3.05, 3.63) is 11.8 Å². The Morgan fingerprint density at radius 1 is 1.83 bits per heavy atom. The first kappa shape index (κ1) is 3.72. The van der Waals surface area contributed by atoms with Crippen molar-refractivity contribution < 1.29 is 0 Å². The lowest BCUT2D eigenvalue weighted by molar-refractivity contribution is 0.648. The molecule has 1 nitrogen and oxygen atoms in total. The van der Waals surface area contributed by atoms with E-state index >= 15 is 0 Å². The molecule has 1 heterocycles. The maximum absolute atomic E-state index is 3.10. The van der Waals surface area contributed by atoms with Crippen LogP contribution in [0.3, 0.4) is 0 Å². The molecule has 1 rings (SSSR count). The van der Waals surface area contributed by atoms with Crippen LogP contribution >= 0.6 is 0 Å². The summed E-state index contributed by atoms with van der Waals surface area (Å²) in [7, 11) is 0. The Morgan fingerprint density at radius 3 is 2.33 bits per heavy atom. The molecule has 0 fully saturated rings. The third kappa shape index (κ3) is 0.313. The lowest BCUT2D eigenvalue weighted by Crippen LogP contribution is -2.31. The Morgan fingerprint density at radius 2 is 2.33 bits per heavy atom. The summed E-state index contributed by atoms with van der Waals surface area (Å²) >= 11 is 0. The average molecular weight is 83.1 g/mol. The lowest BCUT2D eigenvalue weighted by atomic mass is 10.1. The van der Waals surface area contributed by atoms with E-state index in [1.54, 1.807) is 0 Å². The molecule has 0 aromatic rings. The second-order valence-electron chi connectivity index (χ2n) is 1.78. The molecule has 0 amide bonds. The van der Waals surface area contributed by atoms with E-state index in [1.165, 1.54) is 5.57 Å². The van der Waals surface area contributed by atoms with Crippen LogP contribution in [0.15, 0.2) is 11.8 Å². The van der Waals surface area contributed by atoms with E-state index in [-0.39, 0.29) is 0 Å². The van der Waals surface area contributed by atoms with Gasteiger partial charge in [-0.05, 0) is 25.6 Å². The van der Waals surface area contributed by atoms with E-state index in [4.69, 9.17) is 0 Å². The fraction of sp³-hybridized carbons (Fsp3) is 0.600. The molecule has 0 aromatic carbocycles. The summed E-state index contributed by atoms with van der Waals surface area (Å²) in [4.78, 5) is 0. The lowest BCUT2D eigenvalue weighted by Gasteiger charge is -2.21. The predicted octanol–water partition coefficient (Wildman–Crippen LogP) is 0.882. The van der Waals surface area contributed by atoms with Gasteiger partial charge in [0.1, 0.15) is 0 Å². The van der Waals surface area contributed by atoms with Crippen molar-refractivity contribution in [3.63, 3.8) is 0 Å². The van der Waals surface area contributed by atoms with Crippen molar-refractivity contribution in [2.75, 3.05) is 0 Å². The summed E-state index contributed by atoms with van der Waals surface area (Å²) in [6.45, 7) is 4.27. The fourth-order valence-electron chi connectivity index (χ4n) is 0.417. The van der Waals surface area contributed by atoms with Gasteiger partial charge in [-0.2, -0.15) is 0 Å². The molecule has 0 saturated heterocycles. The summed E-state index contributed by atoms with van der Waals surface area (Å²) < 4.78 is 0. The molecule has 0 aromatic heterocycles. The van der Waals surface area contributed by atoms with Gasteiger partial charge in [0.15, 0.2) is 0 Å². The van der Waals surface area contributed by atoms with E-state index in [1.807, 2.05) is 6.20 Å². The van der Waals surface area contributed by atoms with E-state index < -0.39 is 0 Å². The Balaban J connectivity index is 2.51. The first-order valence-corrected chi connectivity index (χ1v) is 2.23. The minimum atomic E-state index is 0.644. The van der Waals surface area contributed by atoms with Gasteiger partial charge in [-0.3, -0.25) is 0 Å². The van der Waals surface area contributed by atoms with Crippen LogP contribution in [-0.4, -0.2) is 6.04 Å². The van der Waals surface area contributed by atoms with Crippen molar-refractivity contribution in [2.24, 2.45) is 0 Å². The number of rotatable bonds is 0. The van der Waals surface area contributed by atoms with Gasteiger partial charge in [0.2, 0.25) is 0 Å². The van der Waals surface area contributed by atoms with E-state index in [0.29, 0.717) is 6.04 Å². The molecule has 1 aliphatic rings. The highest BCUT2D eigenvalue weighted by Crippen LogP contribution is 2.06. The van der Waals surface area contributed by atoms with Gasteiger partial charge < -0.3 is 5.32 Å². The van der Waals surface area contributed by atoms with Gasteiger partial charge in [0, 0.05) is 6.04 Å². The maximum Gasteiger partial charge on any atom is 0.0454 e. The molecule has 1 unspecified atom stereocenters. The molecule has 1 N–H and O–H groups in total. The molecule has 0 saturated carbocycles. The van der Waals surface area contributed by atoms with Crippen LogP contribution in [0.5, 0.6) is 0 Å². The zero-order chi connectivity index (χ0) is 4.57. The molecule has 0 spiro atoms. The molecule has 34 valence electrons. The Bertz CT molecular complexity index is 83.9. The van der Waals surface area contributed by atoms with Crippen LogP contribution < -0.4 is 5.32 Å². The Kier molecular flexibility index (Phi) is 0.621. The van der Waals surface area contributed by atoms with Gasteiger partial charge in [-0.1, -0.05) is 0 Å². The zero-order valence-corrected chi connectivity index (χ0v) is 4.15. The van der Waals surface area contributed by atoms with E-state index in [9.17, 15) is 0 Å². The molecule has 0 aliphatic carbocycles. The van der Waals surface area contributed by atoms with E-state index in [0.717, 1.165) is 0 Å². The Labute approximate surface area is 38.1 Å². The van der Waals surface area contributed by atoms with Gasteiger partial charge in [-0.15, -0.1) is 0 Å². The van der Waals surface area contributed by atoms with Crippen molar-refractivity contribution >= 4 is 0 Å². The number of nitrogens with one attached hydrogen (secondary N) is 1. The minimum absolute atomic E-state index is 0.644. The summed E-state index contributed by atoms with van der Waals surface area (Å²) in [5, 5.41) is 3.10. The molecule has 1 heteroatoms. The molecular weight excluding hydrogens is 74.1 g/mol. The van der Waals surface area contributed by atoms with Crippen molar-refractivity contribution in [1.82, 2.24) is 5.32 Å². The van der Waals surface area contributed by atoms with Crippen LogP contribution in [0.2, 0.25) is 0 Å². The van der Waals surface area contributed by atoms with Crippen molar-refractivity contribution in [3.8, 4) is 0 Å². The van der Waals surface area contributed by atoms with E-state index in [2.05, 4.69) is 19.2 Å². The summed E-state index contributed by atoms with van der Waals surface area (Å²) in [5.41, 5.74) is 1.45. The first-order valence-electron chi connectivity index (χ1n) is 2.23. The van der Waals surface area contributed by atoms with Crippen molar-refractivity contribution in [1.29, 1.82) is 0 Å². The second kappa shape index (κ2) is 1.00.